The molecule has 6 heteroatoms. The van der Waals surface area contributed by atoms with E-state index in [1.165, 1.54) is 0 Å². The van der Waals surface area contributed by atoms with Crippen LogP contribution in [0.2, 0.25) is 0 Å². The molecule has 1 aliphatic carbocycles. The van der Waals surface area contributed by atoms with Crippen LogP contribution in [0, 0.1) is 5.92 Å². The van der Waals surface area contributed by atoms with Gasteiger partial charge in [-0.05, 0) is 48.6 Å². The smallest absolute Gasteiger partial charge is 0.251 e. The van der Waals surface area contributed by atoms with Crippen LogP contribution in [0.1, 0.15) is 34.5 Å². The number of pyridine rings is 1. The van der Waals surface area contributed by atoms with Crippen LogP contribution in [0.4, 0.5) is 0 Å². The zero-order valence-electron chi connectivity index (χ0n) is 15.6. The molecule has 1 amide bonds. The molecule has 1 fully saturated rings. The van der Waals surface area contributed by atoms with Crippen LogP contribution in [0.15, 0.2) is 67.4 Å². The maximum absolute atomic E-state index is 12.7. The summed E-state index contributed by atoms with van der Waals surface area (Å²) in [5.74, 6) is 0.181. The van der Waals surface area contributed by atoms with Crippen molar-refractivity contribution in [2.75, 3.05) is 0 Å². The maximum Gasteiger partial charge on any atom is 0.251 e. The largest absolute Gasteiger partial charge is 0.391 e. The lowest BCUT2D eigenvalue weighted by Crippen LogP contribution is -2.39. The van der Waals surface area contributed by atoms with E-state index in [1.54, 1.807) is 18.7 Å². The summed E-state index contributed by atoms with van der Waals surface area (Å²) in [6, 6.07) is 13.2. The molecule has 0 saturated heterocycles. The van der Waals surface area contributed by atoms with E-state index in [4.69, 9.17) is 0 Å². The summed E-state index contributed by atoms with van der Waals surface area (Å²) in [4.78, 5) is 21.1. The first-order chi connectivity index (χ1) is 13.7. The normalized spacial score (nSPS) is 21.5. The Bertz CT molecular complexity index is 911. The molecule has 144 valence electrons. The van der Waals surface area contributed by atoms with Crippen LogP contribution < -0.4 is 5.32 Å². The van der Waals surface area contributed by atoms with E-state index in [1.807, 2.05) is 53.2 Å². The Morgan fingerprint density at radius 3 is 2.89 bits per heavy atom. The Balaban J connectivity index is 1.37. The van der Waals surface area contributed by atoms with Crippen LogP contribution in [0.3, 0.4) is 0 Å². The predicted octanol–water partition coefficient (Wildman–Crippen LogP) is 2.44. The number of hydrogen-bond donors (Lipinski definition) is 2. The van der Waals surface area contributed by atoms with Crippen LogP contribution >= 0.6 is 0 Å². The molecule has 2 N–H and O–H groups in total. The average Bonchev–Trinajstić information content (AvgIpc) is 3.33. The van der Waals surface area contributed by atoms with Gasteiger partial charge in [-0.25, -0.2) is 4.98 Å². The molecule has 1 aromatic carbocycles. The SMILES string of the molecule is O=C(N[C@@H]1CC(Cn2ccnc2)C[C@H]1O)c1cccc(Cc2ccccn2)c1. The van der Waals surface area contributed by atoms with E-state index in [-0.39, 0.29) is 11.9 Å². The van der Waals surface area contributed by atoms with Crippen molar-refractivity contribution in [2.45, 2.75) is 38.0 Å². The van der Waals surface area contributed by atoms with E-state index in [9.17, 15) is 9.90 Å². The van der Waals surface area contributed by atoms with Gasteiger partial charge in [-0.15, -0.1) is 0 Å². The number of carbonyl (C=O) groups is 1. The van der Waals surface area contributed by atoms with Crippen molar-refractivity contribution in [1.82, 2.24) is 19.9 Å². The molecule has 1 aliphatic rings. The molecular formula is C22H24N4O2. The van der Waals surface area contributed by atoms with Gasteiger partial charge in [-0.1, -0.05) is 18.2 Å². The lowest BCUT2D eigenvalue weighted by atomic mass is 10.0. The zero-order valence-corrected chi connectivity index (χ0v) is 15.6. The van der Waals surface area contributed by atoms with Gasteiger partial charge in [-0.3, -0.25) is 9.78 Å². The second-order valence-electron chi connectivity index (χ2n) is 7.44. The molecule has 4 rings (SSSR count). The Morgan fingerprint density at radius 1 is 1.18 bits per heavy atom. The zero-order chi connectivity index (χ0) is 19.3. The van der Waals surface area contributed by atoms with E-state index in [0.717, 1.165) is 24.2 Å². The maximum atomic E-state index is 12.7. The highest BCUT2D eigenvalue weighted by Crippen LogP contribution is 2.28. The van der Waals surface area contributed by atoms with Gasteiger partial charge in [0.15, 0.2) is 0 Å². The van der Waals surface area contributed by atoms with E-state index >= 15 is 0 Å². The fourth-order valence-corrected chi connectivity index (χ4v) is 3.90. The van der Waals surface area contributed by atoms with Gasteiger partial charge >= 0.3 is 0 Å². The third kappa shape index (κ3) is 4.46. The lowest BCUT2D eigenvalue weighted by molar-refractivity contribution is 0.0872. The number of hydrogen-bond acceptors (Lipinski definition) is 4. The Morgan fingerprint density at radius 2 is 2.11 bits per heavy atom. The van der Waals surface area contributed by atoms with Gasteiger partial charge in [0.1, 0.15) is 0 Å². The first-order valence-electron chi connectivity index (χ1n) is 9.61. The number of benzene rings is 1. The standard InChI is InChI=1S/C22H24N4O2/c27-21-13-17(14-26-9-8-23-15-26)12-20(21)25-22(28)18-5-3-4-16(10-18)11-19-6-1-2-7-24-19/h1-10,15,17,20-21,27H,11-14H2,(H,25,28)/t17?,20-,21-/m1/s1. The van der Waals surface area contributed by atoms with Gasteiger partial charge in [0.25, 0.3) is 5.91 Å². The highest BCUT2D eigenvalue weighted by molar-refractivity contribution is 5.94. The Labute approximate surface area is 164 Å². The summed E-state index contributed by atoms with van der Waals surface area (Å²) in [6.07, 6.45) is 8.84. The number of carbonyl (C=O) groups excluding carboxylic acids is 1. The predicted molar refractivity (Wildman–Crippen MR) is 106 cm³/mol. The lowest BCUT2D eigenvalue weighted by Gasteiger charge is -2.17. The third-order valence-electron chi connectivity index (χ3n) is 5.27. The number of aliphatic hydroxyl groups excluding tert-OH is 1. The summed E-state index contributed by atoms with van der Waals surface area (Å²) < 4.78 is 2.02. The first kappa shape index (κ1) is 18.4. The molecule has 2 aromatic heterocycles. The molecule has 0 spiro atoms. The molecule has 6 nitrogen and oxygen atoms in total. The van der Waals surface area contributed by atoms with Crippen LogP contribution in [0.25, 0.3) is 0 Å². The number of aliphatic hydroxyl groups is 1. The minimum Gasteiger partial charge on any atom is -0.391 e. The molecule has 0 bridgehead atoms. The van der Waals surface area contributed by atoms with Crippen molar-refractivity contribution < 1.29 is 9.90 Å². The highest BCUT2D eigenvalue weighted by atomic mass is 16.3. The topological polar surface area (TPSA) is 80.0 Å². The molecule has 28 heavy (non-hydrogen) atoms. The minimum atomic E-state index is -0.519. The summed E-state index contributed by atoms with van der Waals surface area (Å²) in [5.41, 5.74) is 2.61. The monoisotopic (exact) mass is 376 g/mol. The first-order valence-corrected chi connectivity index (χ1v) is 9.61. The van der Waals surface area contributed by atoms with E-state index in [2.05, 4.69) is 15.3 Å². The number of nitrogens with one attached hydrogen (secondary N) is 1. The van der Waals surface area contributed by atoms with Gasteiger partial charge in [0, 0.05) is 42.8 Å². The summed E-state index contributed by atoms with van der Waals surface area (Å²) in [6.45, 7) is 0.809. The Hall–Kier alpha value is -2.99. The average molecular weight is 376 g/mol. The van der Waals surface area contributed by atoms with E-state index in [0.29, 0.717) is 24.3 Å². The third-order valence-corrected chi connectivity index (χ3v) is 5.27. The van der Waals surface area contributed by atoms with Crippen molar-refractivity contribution in [3.63, 3.8) is 0 Å². The van der Waals surface area contributed by atoms with Crippen molar-refractivity contribution >= 4 is 5.91 Å². The fourth-order valence-electron chi connectivity index (χ4n) is 3.90. The molecule has 0 aliphatic heterocycles. The van der Waals surface area contributed by atoms with Crippen molar-refractivity contribution in [3.05, 3.63) is 84.2 Å². The second kappa shape index (κ2) is 8.35. The molecule has 3 atom stereocenters. The van der Waals surface area contributed by atoms with Gasteiger partial charge < -0.3 is 15.0 Å². The molecule has 2 heterocycles. The summed E-state index contributed by atoms with van der Waals surface area (Å²) >= 11 is 0. The number of rotatable bonds is 6. The number of imidazole rings is 1. The molecular weight excluding hydrogens is 352 g/mol. The van der Waals surface area contributed by atoms with Crippen molar-refractivity contribution in [1.29, 1.82) is 0 Å². The molecule has 1 saturated carbocycles. The number of amides is 1. The Kier molecular flexibility index (Phi) is 5.48. The number of nitrogens with zero attached hydrogens (tertiary/aromatic N) is 3. The van der Waals surface area contributed by atoms with Crippen molar-refractivity contribution in [3.8, 4) is 0 Å². The van der Waals surface area contributed by atoms with Crippen LogP contribution in [0.5, 0.6) is 0 Å². The molecule has 1 unspecified atom stereocenters. The minimum absolute atomic E-state index is 0.143. The van der Waals surface area contributed by atoms with E-state index < -0.39 is 6.10 Å². The van der Waals surface area contributed by atoms with Crippen LogP contribution in [-0.4, -0.2) is 37.7 Å². The van der Waals surface area contributed by atoms with Crippen molar-refractivity contribution in [2.24, 2.45) is 5.92 Å². The molecule has 0 radical (unpaired) electrons. The number of aromatic nitrogens is 3. The summed E-state index contributed by atoms with van der Waals surface area (Å²) in [7, 11) is 0. The fraction of sp³-hybridized carbons (Fsp3) is 0.318. The summed E-state index contributed by atoms with van der Waals surface area (Å²) in [5, 5.41) is 13.4. The van der Waals surface area contributed by atoms with Crippen LogP contribution in [-0.2, 0) is 13.0 Å². The molecule has 3 aromatic rings. The van der Waals surface area contributed by atoms with Gasteiger partial charge in [0.05, 0.1) is 18.5 Å². The quantitative estimate of drug-likeness (QED) is 0.692. The van der Waals surface area contributed by atoms with Gasteiger partial charge in [-0.2, -0.15) is 0 Å². The van der Waals surface area contributed by atoms with Gasteiger partial charge in [0.2, 0.25) is 0 Å². The second-order valence-corrected chi connectivity index (χ2v) is 7.44. The highest BCUT2D eigenvalue weighted by Gasteiger charge is 2.34.